The minimum atomic E-state index is -1.36. The van der Waals surface area contributed by atoms with Crippen molar-refractivity contribution in [2.75, 3.05) is 13.2 Å². The molecule has 1 spiro atoms. The van der Waals surface area contributed by atoms with Crippen LogP contribution in [-0.2, 0) is 14.3 Å². The second-order valence-electron chi connectivity index (χ2n) is 10.3. The van der Waals surface area contributed by atoms with Crippen molar-refractivity contribution in [1.82, 2.24) is 19.9 Å². The molecule has 9 nitrogen and oxygen atoms in total. The van der Waals surface area contributed by atoms with Gasteiger partial charge in [0.15, 0.2) is 0 Å². The summed E-state index contributed by atoms with van der Waals surface area (Å²) >= 11 is 0. The van der Waals surface area contributed by atoms with Gasteiger partial charge in [0, 0.05) is 5.56 Å². The summed E-state index contributed by atoms with van der Waals surface area (Å²) in [5, 5.41) is 9.00. The molecule has 2 aliphatic heterocycles. The molecule has 36 heavy (non-hydrogen) atoms. The Bertz CT molecular complexity index is 1340. The van der Waals surface area contributed by atoms with Crippen molar-refractivity contribution in [2.45, 2.75) is 52.0 Å². The van der Waals surface area contributed by atoms with Crippen LogP contribution in [-0.4, -0.2) is 62.1 Å². The van der Waals surface area contributed by atoms with Crippen LogP contribution in [0, 0.1) is 13.8 Å². The number of ether oxygens (including phenoxy) is 2. The Morgan fingerprint density at radius 1 is 1.03 bits per heavy atom. The lowest BCUT2D eigenvalue weighted by atomic mass is 10.1. The SMILES string of the molecule is Cc1ccc(C2=NC3(CN(C(=O)OC(C)(C)C)C(=O)C3n3ncc(-c4ccc(C)cc4)n3)OC2)cc1. The number of amides is 2. The van der Waals surface area contributed by atoms with E-state index in [2.05, 4.69) is 10.2 Å². The number of benzene rings is 2. The molecule has 5 rings (SSSR count). The molecule has 3 heterocycles. The zero-order valence-electron chi connectivity index (χ0n) is 21.1. The van der Waals surface area contributed by atoms with E-state index in [1.165, 1.54) is 4.80 Å². The van der Waals surface area contributed by atoms with Crippen LogP contribution < -0.4 is 0 Å². The second kappa shape index (κ2) is 8.67. The van der Waals surface area contributed by atoms with Crippen molar-refractivity contribution < 1.29 is 19.1 Å². The minimum Gasteiger partial charge on any atom is -0.443 e. The van der Waals surface area contributed by atoms with Crippen LogP contribution in [0.25, 0.3) is 11.3 Å². The molecule has 1 aromatic heterocycles. The molecule has 0 bridgehead atoms. The fraction of sp³-hybridized carbons (Fsp3) is 0.370. The number of carbonyl (C=O) groups is 2. The van der Waals surface area contributed by atoms with E-state index in [4.69, 9.17) is 14.5 Å². The second-order valence-corrected chi connectivity index (χ2v) is 10.3. The minimum absolute atomic E-state index is 0.0951. The number of aromatic nitrogens is 3. The Balaban J connectivity index is 1.54. The van der Waals surface area contributed by atoms with Gasteiger partial charge in [-0.1, -0.05) is 59.7 Å². The third-order valence-electron chi connectivity index (χ3n) is 6.18. The van der Waals surface area contributed by atoms with E-state index in [-0.39, 0.29) is 13.2 Å². The predicted molar refractivity (Wildman–Crippen MR) is 134 cm³/mol. The van der Waals surface area contributed by atoms with Gasteiger partial charge in [0.05, 0.1) is 25.1 Å². The van der Waals surface area contributed by atoms with Gasteiger partial charge in [0.1, 0.15) is 11.3 Å². The van der Waals surface area contributed by atoms with Gasteiger partial charge in [-0.3, -0.25) is 4.79 Å². The number of hydrogen-bond acceptors (Lipinski definition) is 7. The Morgan fingerprint density at radius 2 is 1.64 bits per heavy atom. The van der Waals surface area contributed by atoms with Crippen LogP contribution in [0.1, 0.15) is 43.5 Å². The van der Waals surface area contributed by atoms with E-state index in [1.54, 1.807) is 27.0 Å². The van der Waals surface area contributed by atoms with E-state index < -0.39 is 29.4 Å². The smallest absolute Gasteiger partial charge is 0.417 e. The number of rotatable bonds is 3. The van der Waals surface area contributed by atoms with Gasteiger partial charge in [-0.2, -0.15) is 15.0 Å². The van der Waals surface area contributed by atoms with Gasteiger partial charge in [-0.05, 0) is 40.2 Å². The lowest BCUT2D eigenvalue weighted by Gasteiger charge is -2.24. The third-order valence-corrected chi connectivity index (χ3v) is 6.18. The number of imide groups is 1. The van der Waals surface area contributed by atoms with E-state index in [0.29, 0.717) is 11.4 Å². The summed E-state index contributed by atoms with van der Waals surface area (Å²) in [7, 11) is 0. The molecule has 9 heteroatoms. The average Bonchev–Trinajstić information content (AvgIpc) is 3.52. The summed E-state index contributed by atoms with van der Waals surface area (Å²) in [6.07, 6.45) is 0.851. The van der Waals surface area contributed by atoms with Gasteiger partial charge in [-0.25, -0.2) is 14.7 Å². The molecule has 0 N–H and O–H groups in total. The number of likely N-dealkylation sites (tertiary alicyclic amines) is 1. The van der Waals surface area contributed by atoms with E-state index in [0.717, 1.165) is 27.2 Å². The standard InChI is InChI=1S/C27H29N5O4/c1-17-6-10-19(11-7-17)21-14-28-32(30-21)23-24(33)31(25(34)36-26(3,4)5)16-27(23)29-22(15-35-27)20-12-8-18(2)9-13-20/h6-14,23H,15-16H2,1-5H3. The normalized spacial score (nSPS) is 21.8. The average molecular weight is 488 g/mol. The first-order valence-corrected chi connectivity index (χ1v) is 11.9. The largest absolute Gasteiger partial charge is 0.443 e. The lowest BCUT2D eigenvalue weighted by molar-refractivity contribution is -0.132. The highest BCUT2D eigenvalue weighted by Gasteiger charge is 2.60. The van der Waals surface area contributed by atoms with Crippen LogP contribution in [0.4, 0.5) is 4.79 Å². The molecule has 2 amide bonds. The molecular formula is C27H29N5O4. The Hall–Kier alpha value is -3.85. The zero-order valence-corrected chi connectivity index (χ0v) is 21.1. The van der Waals surface area contributed by atoms with Crippen molar-refractivity contribution in [1.29, 1.82) is 0 Å². The molecule has 2 aliphatic rings. The van der Waals surface area contributed by atoms with E-state index >= 15 is 0 Å². The number of carbonyl (C=O) groups excluding carboxylic acids is 2. The Morgan fingerprint density at radius 3 is 2.25 bits per heavy atom. The maximum absolute atomic E-state index is 13.6. The molecule has 1 fully saturated rings. The fourth-order valence-corrected chi connectivity index (χ4v) is 4.34. The number of aliphatic imine (C=N–C) groups is 1. The van der Waals surface area contributed by atoms with Gasteiger partial charge in [0.2, 0.25) is 11.8 Å². The molecule has 1 saturated heterocycles. The highest BCUT2D eigenvalue weighted by Crippen LogP contribution is 2.41. The van der Waals surface area contributed by atoms with Crippen LogP contribution >= 0.6 is 0 Å². The first-order valence-electron chi connectivity index (χ1n) is 11.9. The highest BCUT2D eigenvalue weighted by molar-refractivity contribution is 6.04. The summed E-state index contributed by atoms with van der Waals surface area (Å²) in [6, 6.07) is 14.7. The molecular weight excluding hydrogens is 458 g/mol. The maximum Gasteiger partial charge on any atom is 0.417 e. The molecule has 0 saturated carbocycles. The number of hydrogen-bond donors (Lipinski definition) is 0. The quantitative estimate of drug-likeness (QED) is 0.552. The molecule has 2 unspecified atom stereocenters. The van der Waals surface area contributed by atoms with Crippen LogP contribution in [0.15, 0.2) is 59.7 Å². The van der Waals surface area contributed by atoms with Crippen LogP contribution in [0.5, 0.6) is 0 Å². The Kier molecular flexibility index (Phi) is 5.75. The van der Waals surface area contributed by atoms with Crippen LogP contribution in [0.3, 0.4) is 0 Å². The summed E-state index contributed by atoms with van der Waals surface area (Å²) in [6.45, 7) is 9.37. The monoisotopic (exact) mass is 487 g/mol. The Labute approximate surface area is 209 Å². The van der Waals surface area contributed by atoms with Crippen molar-refractivity contribution in [3.05, 3.63) is 71.4 Å². The molecule has 186 valence electrons. The van der Waals surface area contributed by atoms with Gasteiger partial charge < -0.3 is 9.47 Å². The summed E-state index contributed by atoms with van der Waals surface area (Å²) < 4.78 is 11.7. The summed E-state index contributed by atoms with van der Waals surface area (Å²) in [5.74, 6) is -0.524. The van der Waals surface area contributed by atoms with E-state index in [9.17, 15) is 9.59 Å². The van der Waals surface area contributed by atoms with Crippen molar-refractivity contribution in [2.24, 2.45) is 4.99 Å². The first-order chi connectivity index (χ1) is 17.0. The van der Waals surface area contributed by atoms with Crippen LogP contribution in [0.2, 0.25) is 0 Å². The summed E-state index contributed by atoms with van der Waals surface area (Å²) in [4.78, 5) is 33.8. The third kappa shape index (κ3) is 4.42. The van der Waals surface area contributed by atoms with E-state index in [1.807, 2.05) is 62.4 Å². The zero-order chi connectivity index (χ0) is 25.7. The van der Waals surface area contributed by atoms with Crippen molar-refractivity contribution in [3.63, 3.8) is 0 Å². The predicted octanol–water partition coefficient (Wildman–Crippen LogP) is 4.10. The van der Waals surface area contributed by atoms with Gasteiger partial charge in [0.25, 0.3) is 5.91 Å². The fourth-order valence-electron chi connectivity index (χ4n) is 4.34. The van der Waals surface area contributed by atoms with Crippen molar-refractivity contribution >= 4 is 17.7 Å². The van der Waals surface area contributed by atoms with Crippen molar-refractivity contribution in [3.8, 4) is 11.3 Å². The molecule has 2 aromatic carbocycles. The molecule has 3 aromatic rings. The number of nitrogens with zero attached hydrogens (tertiary/aromatic N) is 5. The maximum atomic E-state index is 13.6. The molecule has 0 aliphatic carbocycles. The molecule has 0 radical (unpaired) electrons. The number of aryl methyl sites for hydroxylation is 2. The lowest BCUT2D eigenvalue weighted by Crippen LogP contribution is -2.40. The molecule has 2 atom stereocenters. The first kappa shape index (κ1) is 23.9. The highest BCUT2D eigenvalue weighted by atomic mass is 16.6. The topological polar surface area (TPSA) is 98.9 Å². The summed E-state index contributed by atoms with van der Waals surface area (Å²) in [5.41, 5.74) is 3.19. The van der Waals surface area contributed by atoms with Gasteiger partial charge in [-0.15, -0.1) is 0 Å². The van der Waals surface area contributed by atoms with Gasteiger partial charge >= 0.3 is 6.09 Å².